The zero-order valence-corrected chi connectivity index (χ0v) is 9.05. The van der Waals surface area contributed by atoms with E-state index in [1.54, 1.807) is 13.0 Å². The van der Waals surface area contributed by atoms with Crippen LogP contribution in [-0.2, 0) is 6.42 Å². The van der Waals surface area contributed by atoms with Crippen molar-refractivity contribution in [2.45, 2.75) is 26.3 Å². The predicted octanol–water partition coefficient (Wildman–Crippen LogP) is 2.18. The monoisotopic (exact) mass is 206 g/mol. The third kappa shape index (κ3) is 3.69. The summed E-state index contributed by atoms with van der Waals surface area (Å²) in [5.41, 5.74) is 1.76. The number of halogens is 1. The number of hydrogen-bond acceptors (Lipinski definition) is 2. The molecule has 3 heteroatoms. The highest BCUT2D eigenvalue weighted by atomic mass is 19.1. The van der Waals surface area contributed by atoms with Gasteiger partial charge in [-0.3, -0.25) is 0 Å². The molecule has 80 valence electrons. The molecule has 0 saturated heterocycles. The van der Waals surface area contributed by atoms with Crippen LogP contribution >= 0.6 is 0 Å². The number of hydrogen-bond donors (Lipinski definition) is 1. The normalized spacial score (nSPS) is 12.1. The Balaban J connectivity index is 2.45. The lowest BCUT2D eigenvalue weighted by molar-refractivity contribution is 0.614. The van der Waals surface area contributed by atoms with Gasteiger partial charge in [-0.15, -0.1) is 0 Å². The van der Waals surface area contributed by atoms with Crippen molar-refractivity contribution in [1.82, 2.24) is 5.32 Å². The molecule has 1 aromatic rings. The summed E-state index contributed by atoms with van der Waals surface area (Å²) in [7, 11) is 0. The van der Waals surface area contributed by atoms with Crippen LogP contribution in [0.3, 0.4) is 0 Å². The van der Waals surface area contributed by atoms with Gasteiger partial charge in [-0.1, -0.05) is 12.1 Å². The minimum atomic E-state index is -0.169. The maximum absolute atomic E-state index is 12.9. The number of nitrogens with one attached hydrogen (secondary N) is 1. The summed E-state index contributed by atoms with van der Waals surface area (Å²) in [6.07, 6.45) is 0.813. The van der Waals surface area contributed by atoms with E-state index in [1.807, 2.05) is 13.0 Å². The summed E-state index contributed by atoms with van der Waals surface area (Å²) in [6.45, 7) is 4.31. The van der Waals surface area contributed by atoms with Gasteiger partial charge in [0.25, 0.3) is 0 Å². The molecule has 1 N–H and O–H groups in total. The van der Waals surface area contributed by atoms with E-state index in [1.165, 1.54) is 6.07 Å². The van der Waals surface area contributed by atoms with Crippen LogP contribution in [0.5, 0.6) is 0 Å². The molecule has 0 aromatic heterocycles. The summed E-state index contributed by atoms with van der Waals surface area (Å²) < 4.78 is 12.9. The molecule has 0 fully saturated rings. The molecule has 1 unspecified atom stereocenters. The molecule has 2 nitrogen and oxygen atoms in total. The number of nitriles is 1. The van der Waals surface area contributed by atoms with Crippen molar-refractivity contribution in [2.75, 3.05) is 6.54 Å². The lowest BCUT2D eigenvalue weighted by Crippen LogP contribution is -2.26. The molecular weight excluding hydrogens is 191 g/mol. The average Bonchev–Trinajstić information content (AvgIpc) is 2.23. The molecule has 0 heterocycles. The smallest absolute Gasteiger partial charge is 0.126 e. The van der Waals surface area contributed by atoms with Crippen molar-refractivity contribution in [2.24, 2.45) is 0 Å². The van der Waals surface area contributed by atoms with Gasteiger partial charge in [0.2, 0.25) is 0 Å². The molecule has 1 aromatic carbocycles. The van der Waals surface area contributed by atoms with E-state index >= 15 is 0 Å². The topological polar surface area (TPSA) is 35.8 Å². The van der Waals surface area contributed by atoms with Gasteiger partial charge in [0.1, 0.15) is 5.82 Å². The molecule has 0 aliphatic carbocycles. The van der Waals surface area contributed by atoms with Crippen LogP contribution in [0.2, 0.25) is 0 Å². The zero-order valence-electron chi connectivity index (χ0n) is 9.05. The largest absolute Gasteiger partial charge is 0.302 e. The van der Waals surface area contributed by atoms with Gasteiger partial charge in [0, 0.05) is 6.54 Å². The van der Waals surface area contributed by atoms with Gasteiger partial charge >= 0.3 is 0 Å². The van der Waals surface area contributed by atoms with Gasteiger partial charge in [-0.2, -0.15) is 5.26 Å². The molecule has 15 heavy (non-hydrogen) atoms. The predicted molar refractivity (Wildman–Crippen MR) is 57.9 cm³/mol. The second-order valence-electron chi connectivity index (χ2n) is 3.64. The standard InChI is InChI=1S/C12H15FN2/c1-9-7-11(3-4-12(9)13)5-6-15-10(2)8-14/h3-4,7,10,15H,5-6H2,1-2H3. The van der Waals surface area contributed by atoms with E-state index < -0.39 is 0 Å². The van der Waals surface area contributed by atoms with Crippen molar-refractivity contribution in [3.05, 3.63) is 35.1 Å². The third-order valence-electron chi connectivity index (χ3n) is 2.28. The molecule has 0 radical (unpaired) electrons. The third-order valence-corrected chi connectivity index (χ3v) is 2.28. The Morgan fingerprint density at radius 1 is 1.53 bits per heavy atom. The van der Waals surface area contributed by atoms with Crippen LogP contribution in [0.15, 0.2) is 18.2 Å². The molecule has 0 aliphatic heterocycles. The maximum atomic E-state index is 12.9. The van der Waals surface area contributed by atoms with Crippen molar-refractivity contribution >= 4 is 0 Å². The zero-order chi connectivity index (χ0) is 11.3. The van der Waals surface area contributed by atoms with E-state index in [4.69, 9.17) is 5.26 Å². The number of rotatable bonds is 4. The fraction of sp³-hybridized carbons (Fsp3) is 0.417. The van der Waals surface area contributed by atoms with Gasteiger partial charge in [0.15, 0.2) is 0 Å². The maximum Gasteiger partial charge on any atom is 0.126 e. The fourth-order valence-electron chi connectivity index (χ4n) is 1.34. The molecule has 0 saturated carbocycles. The Morgan fingerprint density at radius 2 is 2.27 bits per heavy atom. The van der Waals surface area contributed by atoms with Crippen LogP contribution in [0.1, 0.15) is 18.1 Å². The minimum absolute atomic E-state index is 0.133. The highest BCUT2D eigenvalue weighted by Gasteiger charge is 2.00. The van der Waals surface area contributed by atoms with Gasteiger partial charge in [-0.25, -0.2) is 4.39 Å². The summed E-state index contributed by atoms with van der Waals surface area (Å²) >= 11 is 0. The second-order valence-corrected chi connectivity index (χ2v) is 3.64. The average molecular weight is 206 g/mol. The van der Waals surface area contributed by atoms with Crippen molar-refractivity contribution in [1.29, 1.82) is 5.26 Å². The first-order chi connectivity index (χ1) is 7.13. The van der Waals surface area contributed by atoms with E-state index in [9.17, 15) is 4.39 Å². The number of nitrogens with zero attached hydrogens (tertiary/aromatic N) is 1. The quantitative estimate of drug-likeness (QED) is 0.819. The molecule has 1 rings (SSSR count). The van der Waals surface area contributed by atoms with Gasteiger partial charge in [0.05, 0.1) is 12.1 Å². The number of aryl methyl sites for hydroxylation is 1. The molecule has 1 atom stereocenters. The molecule has 0 bridgehead atoms. The lowest BCUT2D eigenvalue weighted by Gasteiger charge is -2.06. The summed E-state index contributed by atoms with van der Waals surface area (Å²) in [6, 6.07) is 7.07. The van der Waals surface area contributed by atoms with Crippen molar-refractivity contribution in [3.8, 4) is 6.07 Å². The second kappa shape index (κ2) is 5.47. The summed E-state index contributed by atoms with van der Waals surface area (Å²) in [4.78, 5) is 0. The van der Waals surface area contributed by atoms with Crippen LogP contribution < -0.4 is 5.32 Å². The molecular formula is C12H15FN2. The van der Waals surface area contributed by atoms with Gasteiger partial charge in [-0.05, 0) is 37.5 Å². The SMILES string of the molecule is Cc1cc(CCNC(C)C#N)ccc1F. The van der Waals surface area contributed by atoms with Gasteiger partial charge < -0.3 is 5.32 Å². The van der Waals surface area contributed by atoms with E-state index in [2.05, 4.69) is 11.4 Å². The van der Waals surface area contributed by atoms with Crippen LogP contribution in [0, 0.1) is 24.1 Å². The Labute approximate surface area is 89.7 Å². The summed E-state index contributed by atoms with van der Waals surface area (Å²) in [5, 5.41) is 11.6. The Kier molecular flexibility index (Phi) is 4.26. The highest BCUT2D eigenvalue weighted by molar-refractivity contribution is 5.24. The Bertz CT molecular complexity index is 368. The highest BCUT2D eigenvalue weighted by Crippen LogP contribution is 2.09. The minimum Gasteiger partial charge on any atom is -0.302 e. The van der Waals surface area contributed by atoms with Crippen molar-refractivity contribution in [3.63, 3.8) is 0 Å². The summed E-state index contributed by atoms with van der Waals surface area (Å²) in [5.74, 6) is -0.169. The van der Waals surface area contributed by atoms with Crippen LogP contribution in [-0.4, -0.2) is 12.6 Å². The Hall–Kier alpha value is -1.40. The van der Waals surface area contributed by atoms with E-state index in [0.29, 0.717) is 5.56 Å². The number of benzene rings is 1. The molecule has 0 spiro atoms. The first kappa shape index (κ1) is 11.7. The van der Waals surface area contributed by atoms with Crippen LogP contribution in [0.25, 0.3) is 0 Å². The first-order valence-corrected chi connectivity index (χ1v) is 5.01. The fourth-order valence-corrected chi connectivity index (χ4v) is 1.34. The first-order valence-electron chi connectivity index (χ1n) is 5.01. The van der Waals surface area contributed by atoms with E-state index in [0.717, 1.165) is 18.5 Å². The van der Waals surface area contributed by atoms with E-state index in [-0.39, 0.29) is 11.9 Å². The van der Waals surface area contributed by atoms with Crippen molar-refractivity contribution < 1.29 is 4.39 Å². The molecule has 0 aliphatic rings. The molecule has 0 amide bonds. The Morgan fingerprint density at radius 3 is 2.87 bits per heavy atom. The van der Waals surface area contributed by atoms with Crippen LogP contribution in [0.4, 0.5) is 4.39 Å². The lowest BCUT2D eigenvalue weighted by atomic mass is 10.1.